The molecule has 1 aromatic heterocycles. The fourth-order valence-corrected chi connectivity index (χ4v) is 2.46. The summed E-state index contributed by atoms with van der Waals surface area (Å²) >= 11 is 13.2. The van der Waals surface area contributed by atoms with E-state index in [0.29, 0.717) is 5.02 Å². The number of amides is 2. The van der Waals surface area contributed by atoms with Gasteiger partial charge >= 0.3 is 0 Å². The Morgan fingerprint density at radius 1 is 1.27 bits per heavy atom. The van der Waals surface area contributed by atoms with Crippen molar-refractivity contribution in [2.24, 2.45) is 5.10 Å². The van der Waals surface area contributed by atoms with Gasteiger partial charge in [0.25, 0.3) is 11.8 Å². The molecule has 0 aliphatic heterocycles. The number of nitrogens with one attached hydrogen (secondary N) is 2. The summed E-state index contributed by atoms with van der Waals surface area (Å²) in [6.07, 6.45) is 1.53. The van der Waals surface area contributed by atoms with Crippen LogP contribution in [0, 0.1) is 0 Å². The molecule has 0 aliphatic carbocycles. The Balaban J connectivity index is 1.83. The molecule has 2 aromatic rings. The highest BCUT2D eigenvalue weighted by Gasteiger charge is 2.12. The van der Waals surface area contributed by atoms with E-state index in [4.69, 9.17) is 23.2 Å². The van der Waals surface area contributed by atoms with Gasteiger partial charge in [-0.2, -0.15) is 5.10 Å². The zero-order chi connectivity index (χ0) is 15.9. The summed E-state index contributed by atoms with van der Waals surface area (Å²) in [5.74, 6) is -0.927. The molecule has 0 radical (unpaired) electrons. The van der Waals surface area contributed by atoms with Crippen molar-refractivity contribution in [1.29, 1.82) is 0 Å². The number of nitrogens with zero attached hydrogens (tertiary/aromatic N) is 1. The summed E-state index contributed by atoms with van der Waals surface area (Å²) in [4.78, 5) is 24.4. The lowest BCUT2D eigenvalue weighted by molar-refractivity contribution is -0.120. The molecule has 0 saturated carbocycles. The second-order valence-corrected chi connectivity index (χ2v) is 5.94. The monoisotopic (exact) mass is 355 g/mol. The minimum atomic E-state index is -0.482. The lowest BCUT2D eigenvalue weighted by Gasteiger charge is -2.06. The Bertz CT molecular complexity index is 702. The fraction of sp³-hybridized carbons (Fsp3) is 0.0714. The highest BCUT2D eigenvalue weighted by Crippen LogP contribution is 2.20. The van der Waals surface area contributed by atoms with E-state index in [0.717, 1.165) is 4.88 Å². The van der Waals surface area contributed by atoms with Crippen LogP contribution in [0.15, 0.2) is 40.8 Å². The Kier molecular flexibility index (Phi) is 5.94. The summed E-state index contributed by atoms with van der Waals surface area (Å²) in [7, 11) is 0. The van der Waals surface area contributed by atoms with Crippen LogP contribution in [0.5, 0.6) is 0 Å². The van der Waals surface area contributed by atoms with Gasteiger partial charge in [0, 0.05) is 9.90 Å². The number of hydrazone groups is 1. The van der Waals surface area contributed by atoms with Crippen molar-refractivity contribution < 1.29 is 9.59 Å². The zero-order valence-corrected chi connectivity index (χ0v) is 13.5. The third-order valence-electron chi connectivity index (χ3n) is 2.51. The van der Waals surface area contributed by atoms with E-state index in [-0.39, 0.29) is 17.1 Å². The number of carbonyl (C=O) groups is 2. The zero-order valence-electron chi connectivity index (χ0n) is 11.2. The van der Waals surface area contributed by atoms with Crippen LogP contribution in [-0.2, 0) is 4.79 Å². The van der Waals surface area contributed by atoms with E-state index in [9.17, 15) is 9.59 Å². The Morgan fingerprint density at radius 3 is 2.82 bits per heavy atom. The maximum Gasteiger partial charge on any atom is 0.259 e. The van der Waals surface area contributed by atoms with Gasteiger partial charge in [0.1, 0.15) is 0 Å². The molecule has 22 heavy (non-hydrogen) atoms. The van der Waals surface area contributed by atoms with Crippen molar-refractivity contribution in [2.75, 3.05) is 6.54 Å². The van der Waals surface area contributed by atoms with Crippen molar-refractivity contribution in [3.63, 3.8) is 0 Å². The van der Waals surface area contributed by atoms with Crippen molar-refractivity contribution in [2.45, 2.75) is 0 Å². The van der Waals surface area contributed by atoms with Gasteiger partial charge in [-0.3, -0.25) is 9.59 Å². The molecule has 8 heteroatoms. The molecule has 2 amide bonds. The van der Waals surface area contributed by atoms with Crippen molar-refractivity contribution in [3.05, 3.63) is 56.2 Å². The van der Waals surface area contributed by atoms with E-state index in [1.807, 2.05) is 17.5 Å². The molecule has 1 heterocycles. The smallest absolute Gasteiger partial charge is 0.259 e. The third kappa shape index (κ3) is 4.84. The van der Waals surface area contributed by atoms with Gasteiger partial charge in [0.2, 0.25) is 0 Å². The van der Waals surface area contributed by atoms with Crippen molar-refractivity contribution in [1.82, 2.24) is 10.7 Å². The van der Waals surface area contributed by atoms with Gasteiger partial charge in [0.15, 0.2) is 0 Å². The predicted molar refractivity (Wildman–Crippen MR) is 88.9 cm³/mol. The standard InChI is InChI=1S/C14H11Cl2N3O2S/c15-9-3-4-12(16)11(6-9)14(21)17-8-13(20)19-18-7-10-2-1-5-22-10/h1-7H,8H2,(H,17,21)(H,19,20). The molecule has 0 saturated heterocycles. The quantitative estimate of drug-likeness (QED) is 0.639. The van der Waals surface area contributed by atoms with E-state index in [1.165, 1.54) is 29.7 Å². The van der Waals surface area contributed by atoms with Crippen LogP contribution >= 0.6 is 34.5 Å². The molecule has 0 unspecified atom stereocenters. The first kappa shape index (κ1) is 16.5. The SMILES string of the molecule is O=C(CNC(=O)c1cc(Cl)ccc1Cl)NN=Cc1cccs1. The Labute approximate surface area is 140 Å². The van der Waals surface area contributed by atoms with E-state index in [2.05, 4.69) is 15.8 Å². The van der Waals surface area contributed by atoms with E-state index in [1.54, 1.807) is 6.07 Å². The van der Waals surface area contributed by atoms with Gasteiger partial charge in [-0.05, 0) is 29.6 Å². The highest BCUT2D eigenvalue weighted by atomic mass is 35.5. The molecule has 0 fully saturated rings. The number of halogens is 2. The predicted octanol–water partition coefficient (Wildman–Crippen LogP) is 2.94. The number of hydrogen-bond donors (Lipinski definition) is 2. The summed E-state index contributed by atoms with van der Waals surface area (Å²) in [6.45, 7) is -0.219. The molecule has 1 aromatic carbocycles. The molecular weight excluding hydrogens is 345 g/mol. The van der Waals surface area contributed by atoms with Crippen LogP contribution in [0.2, 0.25) is 10.0 Å². The number of benzene rings is 1. The van der Waals surface area contributed by atoms with Crippen molar-refractivity contribution in [3.8, 4) is 0 Å². The minimum Gasteiger partial charge on any atom is -0.343 e. The second kappa shape index (κ2) is 7.93. The lowest BCUT2D eigenvalue weighted by Crippen LogP contribution is -2.35. The molecule has 0 aliphatic rings. The first-order chi connectivity index (χ1) is 10.6. The average Bonchev–Trinajstić information content (AvgIpc) is 3.00. The van der Waals surface area contributed by atoms with Gasteiger partial charge in [0.05, 0.1) is 23.3 Å². The molecular formula is C14H11Cl2N3O2S. The summed E-state index contributed by atoms with van der Waals surface area (Å²) in [6, 6.07) is 8.27. The normalized spacial score (nSPS) is 10.6. The number of hydrogen-bond acceptors (Lipinski definition) is 4. The van der Waals surface area contributed by atoms with Gasteiger partial charge < -0.3 is 5.32 Å². The Morgan fingerprint density at radius 2 is 2.09 bits per heavy atom. The number of thiophene rings is 1. The molecule has 114 valence electrons. The van der Waals surface area contributed by atoms with Crippen LogP contribution in [0.3, 0.4) is 0 Å². The van der Waals surface area contributed by atoms with Crippen molar-refractivity contribution >= 4 is 52.6 Å². The average molecular weight is 356 g/mol. The topological polar surface area (TPSA) is 70.6 Å². The third-order valence-corrected chi connectivity index (χ3v) is 3.88. The lowest BCUT2D eigenvalue weighted by atomic mass is 10.2. The maximum atomic E-state index is 11.9. The molecule has 0 atom stereocenters. The maximum absolute atomic E-state index is 11.9. The molecule has 2 rings (SSSR count). The first-order valence-corrected chi connectivity index (χ1v) is 7.78. The van der Waals surface area contributed by atoms with Crippen LogP contribution in [0.4, 0.5) is 0 Å². The second-order valence-electron chi connectivity index (χ2n) is 4.12. The minimum absolute atomic E-state index is 0.212. The van der Waals surface area contributed by atoms with Crippen LogP contribution in [-0.4, -0.2) is 24.6 Å². The molecule has 0 spiro atoms. The van der Waals surface area contributed by atoms with Gasteiger partial charge in [-0.25, -0.2) is 5.43 Å². The number of rotatable bonds is 5. The van der Waals surface area contributed by atoms with E-state index >= 15 is 0 Å². The fourth-order valence-electron chi connectivity index (χ4n) is 1.50. The highest BCUT2D eigenvalue weighted by molar-refractivity contribution is 7.11. The molecule has 2 N–H and O–H groups in total. The summed E-state index contributed by atoms with van der Waals surface area (Å²) < 4.78 is 0. The largest absolute Gasteiger partial charge is 0.343 e. The van der Waals surface area contributed by atoms with Crippen LogP contribution < -0.4 is 10.7 Å². The first-order valence-electron chi connectivity index (χ1n) is 6.15. The number of carbonyl (C=O) groups excluding carboxylic acids is 2. The van der Waals surface area contributed by atoms with Gasteiger partial charge in [-0.1, -0.05) is 29.3 Å². The van der Waals surface area contributed by atoms with Crippen LogP contribution in [0.25, 0.3) is 0 Å². The Hall–Kier alpha value is -1.89. The summed E-state index contributed by atoms with van der Waals surface area (Å²) in [5.41, 5.74) is 2.53. The molecule has 0 bridgehead atoms. The van der Waals surface area contributed by atoms with Gasteiger partial charge in [-0.15, -0.1) is 11.3 Å². The summed E-state index contributed by atoms with van der Waals surface area (Å²) in [5, 5.41) is 8.78. The van der Waals surface area contributed by atoms with E-state index < -0.39 is 11.8 Å². The molecule has 5 nitrogen and oxygen atoms in total. The van der Waals surface area contributed by atoms with Crippen LogP contribution in [0.1, 0.15) is 15.2 Å².